The number of nitro groups is 1. The van der Waals surface area contributed by atoms with Gasteiger partial charge in [-0.25, -0.2) is 4.52 Å². The van der Waals surface area contributed by atoms with Crippen LogP contribution >= 0.6 is 0 Å². The molecule has 0 spiro atoms. The number of carbonyl (C=O) groups is 2. The van der Waals surface area contributed by atoms with Crippen LogP contribution in [0.4, 0.5) is 11.4 Å². The first-order chi connectivity index (χ1) is 20.5. The van der Waals surface area contributed by atoms with Gasteiger partial charge >= 0.3 is 0 Å². The molecule has 0 saturated carbocycles. The number of fused-ring (bicyclic) bond motifs is 1. The van der Waals surface area contributed by atoms with Gasteiger partial charge < -0.3 is 9.80 Å². The fourth-order valence-corrected chi connectivity index (χ4v) is 5.39. The van der Waals surface area contributed by atoms with Gasteiger partial charge in [0.2, 0.25) is 0 Å². The van der Waals surface area contributed by atoms with E-state index in [1.165, 1.54) is 17.2 Å². The summed E-state index contributed by atoms with van der Waals surface area (Å²) in [5.74, 6) is -0.333. The van der Waals surface area contributed by atoms with E-state index in [1.807, 2.05) is 35.2 Å². The molecule has 1 aliphatic heterocycles. The molecule has 0 atom stereocenters. The van der Waals surface area contributed by atoms with Crippen molar-refractivity contribution in [2.45, 2.75) is 25.8 Å². The third kappa shape index (κ3) is 5.22. The van der Waals surface area contributed by atoms with Crippen LogP contribution in [-0.2, 0) is 6.54 Å². The van der Waals surface area contributed by atoms with Crippen LogP contribution in [0.5, 0.6) is 0 Å². The second-order valence-electron chi connectivity index (χ2n) is 10.2. The summed E-state index contributed by atoms with van der Waals surface area (Å²) in [6, 6.07) is 22.8. The van der Waals surface area contributed by atoms with Gasteiger partial charge in [-0.2, -0.15) is 5.10 Å². The summed E-state index contributed by atoms with van der Waals surface area (Å²) in [6.07, 6.45) is 7.86. The number of amides is 2. The van der Waals surface area contributed by atoms with Crippen molar-refractivity contribution < 1.29 is 14.5 Å². The maximum absolute atomic E-state index is 13.6. The van der Waals surface area contributed by atoms with Gasteiger partial charge in [-0.15, -0.1) is 0 Å². The molecule has 0 aliphatic carbocycles. The normalized spacial score (nSPS) is 13.2. The van der Waals surface area contributed by atoms with E-state index in [-0.39, 0.29) is 24.0 Å². The van der Waals surface area contributed by atoms with Crippen molar-refractivity contribution in [1.29, 1.82) is 0 Å². The molecule has 2 amide bonds. The molecule has 0 unspecified atom stereocenters. The number of carbonyl (C=O) groups excluding carboxylic acids is 2. The average Bonchev–Trinajstić information content (AvgIpc) is 3.48. The van der Waals surface area contributed by atoms with Gasteiger partial charge in [0.1, 0.15) is 0 Å². The summed E-state index contributed by atoms with van der Waals surface area (Å²) in [6.45, 7) is 1.52. The lowest BCUT2D eigenvalue weighted by Crippen LogP contribution is -2.35. The van der Waals surface area contributed by atoms with E-state index in [2.05, 4.69) is 10.1 Å². The quantitative estimate of drug-likeness (QED) is 0.184. The smallest absolute Gasteiger partial charge is 0.274 e. The number of nitrogens with zero attached hydrogens (tertiary/aromatic N) is 6. The number of likely N-dealkylation sites (tertiary alicyclic amines) is 1. The van der Waals surface area contributed by atoms with Crippen molar-refractivity contribution in [3.8, 4) is 11.3 Å². The fourth-order valence-electron chi connectivity index (χ4n) is 5.39. The Morgan fingerprint density at radius 3 is 2.40 bits per heavy atom. The lowest BCUT2D eigenvalue weighted by Gasteiger charge is -2.26. The van der Waals surface area contributed by atoms with Gasteiger partial charge in [0.05, 0.1) is 40.0 Å². The topological polar surface area (TPSA) is 114 Å². The number of hydrogen-bond donors (Lipinski definition) is 0. The molecule has 10 heteroatoms. The van der Waals surface area contributed by atoms with Gasteiger partial charge in [-0.05, 0) is 55.7 Å². The van der Waals surface area contributed by atoms with Crippen molar-refractivity contribution in [3.05, 3.63) is 124 Å². The maximum Gasteiger partial charge on any atom is 0.274 e. The highest BCUT2D eigenvalue weighted by atomic mass is 16.6. The summed E-state index contributed by atoms with van der Waals surface area (Å²) >= 11 is 0. The van der Waals surface area contributed by atoms with Crippen LogP contribution < -0.4 is 4.90 Å². The van der Waals surface area contributed by atoms with Crippen LogP contribution in [0.1, 0.15) is 45.5 Å². The molecule has 5 aromatic rings. The third-order valence-corrected chi connectivity index (χ3v) is 7.56. The molecule has 4 heterocycles. The number of para-hydroxylation sites is 1. The zero-order chi connectivity index (χ0) is 29.1. The Kier molecular flexibility index (Phi) is 7.42. The van der Waals surface area contributed by atoms with E-state index >= 15 is 0 Å². The Morgan fingerprint density at radius 1 is 0.881 bits per heavy atom. The van der Waals surface area contributed by atoms with Crippen molar-refractivity contribution in [2.75, 3.05) is 18.0 Å². The third-order valence-electron chi connectivity index (χ3n) is 7.56. The van der Waals surface area contributed by atoms with Crippen LogP contribution in [0.25, 0.3) is 16.8 Å². The largest absolute Gasteiger partial charge is 0.339 e. The summed E-state index contributed by atoms with van der Waals surface area (Å²) in [5, 5.41) is 16.2. The van der Waals surface area contributed by atoms with Crippen molar-refractivity contribution in [2.24, 2.45) is 0 Å². The van der Waals surface area contributed by atoms with Crippen LogP contribution in [0.2, 0.25) is 0 Å². The molecule has 6 rings (SSSR count). The second kappa shape index (κ2) is 11.6. The predicted octanol–water partition coefficient (Wildman–Crippen LogP) is 5.78. The van der Waals surface area contributed by atoms with E-state index in [4.69, 9.17) is 0 Å². The Balaban J connectivity index is 1.34. The lowest BCUT2D eigenvalue weighted by molar-refractivity contribution is -0.385. The number of anilines is 1. The first-order valence-corrected chi connectivity index (χ1v) is 13.8. The molecule has 1 fully saturated rings. The molecule has 10 nitrogen and oxygen atoms in total. The summed E-state index contributed by atoms with van der Waals surface area (Å²) in [5.41, 5.74) is 4.23. The number of pyridine rings is 2. The SMILES string of the molecule is O=C(c1cnn2c(-c3ccc(N(Cc4ccccc4[N+](=O)[O-])C(=O)c4cccnc4)cc3)cccc12)N1CCCCC1. The molecule has 0 radical (unpaired) electrons. The van der Waals surface area contributed by atoms with Gasteiger partial charge in [0.25, 0.3) is 17.5 Å². The molecule has 42 heavy (non-hydrogen) atoms. The minimum absolute atomic E-state index is 0.000930. The number of aromatic nitrogens is 3. The first-order valence-electron chi connectivity index (χ1n) is 13.8. The summed E-state index contributed by atoms with van der Waals surface area (Å²) in [7, 11) is 0. The number of benzene rings is 2. The molecular weight excluding hydrogens is 532 g/mol. The molecular formula is C32H28N6O4. The molecule has 2 aromatic carbocycles. The van der Waals surface area contributed by atoms with Crippen molar-refractivity contribution in [3.63, 3.8) is 0 Å². The van der Waals surface area contributed by atoms with Crippen LogP contribution in [0.15, 0.2) is 97.5 Å². The molecule has 3 aromatic heterocycles. The van der Waals surface area contributed by atoms with Gasteiger partial charge in [-0.3, -0.25) is 24.7 Å². The standard InChI is InChI=1S/C32H28N6O4/c39-31(24-9-7-17-33-20-24)36(22-25-8-2-3-10-29(25)38(41)42)26-15-13-23(14-16-26)28-11-6-12-30-27(21-34-37(28)30)32(40)35-18-4-1-5-19-35/h2-3,6-17,20-21H,1,4-5,18-19,22H2. The van der Waals surface area contributed by atoms with Crippen LogP contribution in [-0.4, -0.2) is 49.3 Å². The highest BCUT2D eigenvalue weighted by Gasteiger charge is 2.24. The van der Waals surface area contributed by atoms with Crippen molar-refractivity contribution >= 4 is 28.7 Å². The number of rotatable bonds is 7. The maximum atomic E-state index is 13.6. The highest BCUT2D eigenvalue weighted by Crippen LogP contribution is 2.29. The number of hydrogen-bond acceptors (Lipinski definition) is 6. The summed E-state index contributed by atoms with van der Waals surface area (Å²) in [4.78, 5) is 45.6. The zero-order valence-electron chi connectivity index (χ0n) is 22.8. The number of piperidine rings is 1. The molecule has 1 aliphatic rings. The monoisotopic (exact) mass is 560 g/mol. The average molecular weight is 561 g/mol. The Hall–Kier alpha value is -5.38. The highest BCUT2D eigenvalue weighted by molar-refractivity contribution is 6.06. The van der Waals surface area contributed by atoms with E-state index < -0.39 is 4.92 Å². The van der Waals surface area contributed by atoms with Gasteiger partial charge in [0, 0.05) is 48.4 Å². The molecule has 0 N–H and O–H groups in total. The van der Waals surface area contributed by atoms with Gasteiger partial charge in [-0.1, -0.05) is 36.4 Å². The predicted molar refractivity (Wildman–Crippen MR) is 158 cm³/mol. The van der Waals surface area contributed by atoms with Gasteiger partial charge in [0.15, 0.2) is 0 Å². The minimum Gasteiger partial charge on any atom is -0.339 e. The fraction of sp³-hybridized carbons (Fsp3) is 0.188. The Labute approximate surface area is 242 Å². The molecule has 0 bridgehead atoms. The molecule has 210 valence electrons. The van der Waals surface area contributed by atoms with Crippen LogP contribution in [0.3, 0.4) is 0 Å². The minimum atomic E-state index is -0.444. The number of nitro benzene ring substituents is 1. The van der Waals surface area contributed by atoms with E-state index in [0.29, 0.717) is 22.4 Å². The lowest BCUT2D eigenvalue weighted by atomic mass is 10.1. The van der Waals surface area contributed by atoms with E-state index in [0.717, 1.165) is 49.1 Å². The zero-order valence-corrected chi connectivity index (χ0v) is 22.8. The summed E-state index contributed by atoms with van der Waals surface area (Å²) < 4.78 is 1.76. The Bertz CT molecular complexity index is 1760. The van der Waals surface area contributed by atoms with Crippen LogP contribution in [0, 0.1) is 10.1 Å². The van der Waals surface area contributed by atoms with Crippen molar-refractivity contribution in [1.82, 2.24) is 19.5 Å². The Morgan fingerprint density at radius 2 is 1.67 bits per heavy atom. The molecule has 1 saturated heterocycles. The second-order valence-corrected chi connectivity index (χ2v) is 10.2. The first kappa shape index (κ1) is 26.8. The van der Waals surface area contributed by atoms with E-state index in [1.54, 1.807) is 59.4 Å². The van der Waals surface area contributed by atoms with E-state index in [9.17, 15) is 19.7 Å².